The van der Waals surface area contributed by atoms with Gasteiger partial charge in [0.25, 0.3) is 5.91 Å². The van der Waals surface area contributed by atoms with E-state index in [-0.39, 0.29) is 11.7 Å². The van der Waals surface area contributed by atoms with Crippen molar-refractivity contribution >= 4 is 28.3 Å². The Labute approximate surface area is 114 Å². The molecule has 5 nitrogen and oxygen atoms in total. The lowest BCUT2D eigenvalue weighted by Crippen LogP contribution is -2.12. The molecule has 3 rings (SSSR count). The van der Waals surface area contributed by atoms with Crippen molar-refractivity contribution in [3.63, 3.8) is 0 Å². The van der Waals surface area contributed by atoms with E-state index in [9.17, 15) is 9.90 Å². The van der Waals surface area contributed by atoms with Gasteiger partial charge in [0, 0.05) is 11.5 Å². The van der Waals surface area contributed by atoms with E-state index in [0.717, 1.165) is 5.39 Å². The van der Waals surface area contributed by atoms with Crippen LogP contribution in [0.3, 0.4) is 0 Å². The number of fused-ring (bicyclic) bond motifs is 1. The first-order chi connectivity index (χ1) is 9.65. The number of benzene rings is 2. The Kier molecular flexibility index (Phi) is 2.80. The standard InChI is InChI=1S/C15H12N2O3/c16-12-7-9(18)5-6-13(12)17-15(19)11-8-20-14-4-2-1-3-10(11)14/h1-8,18H,16H2,(H,17,19). The maximum Gasteiger partial charge on any atom is 0.259 e. The van der Waals surface area contributed by atoms with Crippen LogP contribution in [0.15, 0.2) is 53.1 Å². The molecule has 0 aliphatic carbocycles. The van der Waals surface area contributed by atoms with Crippen LogP contribution in [-0.2, 0) is 0 Å². The highest BCUT2D eigenvalue weighted by atomic mass is 16.3. The topological polar surface area (TPSA) is 88.5 Å². The van der Waals surface area contributed by atoms with E-state index in [4.69, 9.17) is 10.2 Å². The third-order valence-corrected chi connectivity index (χ3v) is 3.01. The third kappa shape index (κ3) is 2.05. The minimum Gasteiger partial charge on any atom is -0.508 e. The number of furan rings is 1. The molecule has 100 valence electrons. The third-order valence-electron chi connectivity index (χ3n) is 3.01. The van der Waals surface area contributed by atoms with Gasteiger partial charge in [-0.3, -0.25) is 4.79 Å². The van der Waals surface area contributed by atoms with Gasteiger partial charge in [-0.25, -0.2) is 0 Å². The Bertz CT molecular complexity index is 793. The summed E-state index contributed by atoms with van der Waals surface area (Å²) >= 11 is 0. The molecule has 20 heavy (non-hydrogen) atoms. The van der Waals surface area contributed by atoms with Gasteiger partial charge in [0.15, 0.2) is 0 Å². The molecule has 0 fully saturated rings. The molecule has 0 bridgehead atoms. The monoisotopic (exact) mass is 268 g/mol. The minimum atomic E-state index is -0.313. The number of carbonyl (C=O) groups excluding carboxylic acids is 1. The van der Waals surface area contributed by atoms with Crippen molar-refractivity contribution in [1.29, 1.82) is 0 Å². The van der Waals surface area contributed by atoms with Crippen LogP contribution >= 0.6 is 0 Å². The van der Waals surface area contributed by atoms with Crippen molar-refractivity contribution in [2.24, 2.45) is 0 Å². The number of para-hydroxylation sites is 1. The lowest BCUT2D eigenvalue weighted by atomic mass is 10.1. The van der Waals surface area contributed by atoms with Crippen molar-refractivity contribution in [1.82, 2.24) is 0 Å². The highest BCUT2D eigenvalue weighted by Crippen LogP contribution is 2.26. The fraction of sp³-hybridized carbons (Fsp3) is 0. The number of hydrogen-bond donors (Lipinski definition) is 3. The fourth-order valence-electron chi connectivity index (χ4n) is 2.01. The number of hydrogen-bond acceptors (Lipinski definition) is 4. The first kappa shape index (κ1) is 12.1. The van der Waals surface area contributed by atoms with E-state index in [2.05, 4.69) is 5.32 Å². The molecule has 1 aromatic heterocycles. The summed E-state index contributed by atoms with van der Waals surface area (Å²) < 4.78 is 5.33. The maximum absolute atomic E-state index is 12.2. The summed E-state index contributed by atoms with van der Waals surface area (Å²) in [5.74, 6) is -0.262. The second-order valence-corrected chi connectivity index (χ2v) is 4.37. The van der Waals surface area contributed by atoms with Crippen LogP contribution < -0.4 is 11.1 Å². The van der Waals surface area contributed by atoms with Crippen molar-refractivity contribution in [3.05, 3.63) is 54.3 Å². The quantitative estimate of drug-likeness (QED) is 0.492. The Morgan fingerprint density at radius 1 is 1.20 bits per heavy atom. The molecular formula is C15H12N2O3. The summed E-state index contributed by atoms with van der Waals surface area (Å²) in [6.07, 6.45) is 1.41. The van der Waals surface area contributed by atoms with Gasteiger partial charge in [-0.05, 0) is 18.2 Å². The number of aromatic hydroxyl groups is 1. The van der Waals surface area contributed by atoms with E-state index >= 15 is 0 Å². The molecule has 3 aromatic rings. The van der Waals surface area contributed by atoms with Gasteiger partial charge in [0.1, 0.15) is 17.6 Å². The summed E-state index contributed by atoms with van der Waals surface area (Å²) in [4.78, 5) is 12.2. The average molecular weight is 268 g/mol. The Balaban J connectivity index is 1.93. The molecule has 5 heteroatoms. The van der Waals surface area contributed by atoms with E-state index < -0.39 is 0 Å². The zero-order chi connectivity index (χ0) is 14.1. The molecule has 0 saturated carbocycles. The zero-order valence-electron chi connectivity index (χ0n) is 10.5. The predicted molar refractivity (Wildman–Crippen MR) is 76.7 cm³/mol. The first-order valence-corrected chi connectivity index (χ1v) is 6.01. The van der Waals surface area contributed by atoms with E-state index in [1.165, 1.54) is 18.4 Å². The molecule has 1 heterocycles. The molecule has 2 aromatic carbocycles. The van der Waals surface area contributed by atoms with Crippen LogP contribution in [0.25, 0.3) is 11.0 Å². The Hall–Kier alpha value is -2.95. The summed E-state index contributed by atoms with van der Waals surface area (Å²) in [7, 11) is 0. The van der Waals surface area contributed by atoms with Gasteiger partial charge in [0.05, 0.1) is 16.9 Å². The van der Waals surface area contributed by atoms with Crippen molar-refractivity contribution in [2.45, 2.75) is 0 Å². The lowest BCUT2D eigenvalue weighted by molar-refractivity contribution is 0.102. The molecule has 0 aliphatic rings. The summed E-state index contributed by atoms with van der Waals surface area (Å²) in [5, 5.41) is 12.7. The van der Waals surface area contributed by atoms with Crippen LogP contribution in [-0.4, -0.2) is 11.0 Å². The molecule has 0 radical (unpaired) electrons. The largest absolute Gasteiger partial charge is 0.508 e. The maximum atomic E-state index is 12.2. The normalized spacial score (nSPS) is 10.6. The number of amides is 1. The fourth-order valence-corrected chi connectivity index (χ4v) is 2.01. The van der Waals surface area contributed by atoms with Crippen molar-refractivity contribution < 1.29 is 14.3 Å². The number of rotatable bonds is 2. The highest BCUT2D eigenvalue weighted by molar-refractivity contribution is 6.13. The molecule has 4 N–H and O–H groups in total. The van der Waals surface area contributed by atoms with Gasteiger partial charge in [-0.2, -0.15) is 0 Å². The Morgan fingerprint density at radius 3 is 2.80 bits per heavy atom. The molecule has 0 saturated heterocycles. The second-order valence-electron chi connectivity index (χ2n) is 4.37. The smallest absolute Gasteiger partial charge is 0.259 e. The summed E-state index contributed by atoms with van der Waals surface area (Å²) in [5.41, 5.74) is 7.56. The number of anilines is 2. The van der Waals surface area contributed by atoms with Crippen LogP contribution in [0.1, 0.15) is 10.4 Å². The molecule has 0 atom stereocenters. The van der Waals surface area contributed by atoms with Crippen molar-refractivity contribution in [3.8, 4) is 5.75 Å². The molecule has 0 unspecified atom stereocenters. The van der Waals surface area contributed by atoms with Crippen LogP contribution in [0.2, 0.25) is 0 Å². The summed E-state index contributed by atoms with van der Waals surface area (Å²) in [6.45, 7) is 0. The average Bonchev–Trinajstić information content (AvgIpc) is 2.86. The van der Waals surface area contributed by atoms with Crippen LogP contribution in [0.5, 0.6) is 5.75 Å². The van der Waals surface area contributed by atoms with E-state index in [1.807, 2.05) is 18.2 Å². The first-order valence-electron chi connectivity index (χ1n) is 6.01. The SMILES string of the molecule is Nc1cc(O)ccc1NC(=O)c1coc2ccccc12. The van der Waals surface area contributed by atoms with Gasteiger partial charge in [0.2, 0.25) is 0 Å². The molecule has 1 amide bonds. The lowest BCUT2D eigenvalue weighted by Gasteiger charge is -2.07. The molecule has 0 aliphatic heterocycles. The molecule has 0 spiro atoms. The predicted octanol–water partition coefficient (Wildman–Crippen LogP) is 2.97. The number of phenolic OH excluding ortho intramolecular Hbond substituents is 1. The minimum absolute atomic E-state index is 0.0502. The van der Waals surface area contributed by atoms with Crippen LogP contribution in [0.4, 0.5) is 11.4 Å². The van der Waals surface area contributed by atoms with Gasteiger partial charge < -0.3 is 20.6 Å². The van der Waals surface area contributed by atoms with E-state index in [0.29, 0.717) is 22.5 Å². The highest BCUT2D eigenvalue weighted by Gasteiger charge is 2.14. The number of nitrogens with two attached hydrogens (primary N) is 1. The zero-order valence-corrected chi connectivity index (χ0v) is 10.5. The number of carbonyl (C=O) groups is 1. The van der Waals surface area contributed by atoms with E-state index in [1.54, 1.807) is 12.1 Å². The van der Waals surface area contributed by atoms with Gasteiger partial charge in [-0.1, -0.05) is 18.2 Å². The summed E-state index contributed by atoms with van der Waals surface area (Å²) in [6, 6.07) is 11.7. The number of phenols is 1. The number of nitrogens with one attached hydrogen (secondary N) is 1. The van der Waals surface area contributed by atoms with Gasteiger partial charge >= 0.3 is 0 Å². The number of nitrogen functional groups attached to an aromatic ring is 1. The molecular weight excluding hydrogens is 256 g/mol. The Morgan fingerprint density at radius 2 is 2.00 bits per heavy atom. The van der Waals surface area contributed by atoms with Gasteiger partial charge in [-0.15, -0.1) is 0 Å². The van der Waals surface area contributed by atoms with Crippen molar-refractivity contribution in [2.75, 3.05) is 11.1 Å². The van der Waals surface area contributed by atoms with Crippen LogP contribution in [0, 0.1) is 0 Å². The second kappa shape index (κ2) is 4.62.